The minimum absolute atomic E-state index is 0.148. The number of nitrogens with zero attached hydrogens (tertiary/aromatic N) is 1. The number of rotatable bonds is 9. The minimum Gasteiger partial charge on any atom is -0.504 e. The number of carbonyl (C=O) groups excluding carboxylic acids is 2. The number of aromatic hydroxyl groups is 2. The minimum atomic E-state index is -0.606. The second kappa shape index (κ2) is 10.4. The molecule has 0 aromatic heterocycles. The lowest BCUT2D eigenvalue weighted by atomic mass is 10.0. The van der Waals surface area contributed by atoms with Crippen LogP contribution in [0.1, 0.15) is 24.0 Å². The molecule has 2 aromatic carbocycles. The highest BCUT2D eigenvalue weighted by molar-refractivity contribution is 7.98. The molecule has 5 N–H and O–H groups in total. The van der Waals surface area contributed by atoms with E-state index in [0.29, 0.717) is 30.7 Å². The molecule has 1 heterocycles. The van der Waals surface area contributed by atoms with Crippen LogP contribution in [0, 0.1) is 0 Å². The molecule has 2 atom stereocenters. The molecule has 0 bridgehead atoms. The number of benzene rings is 2. The van der Waals surface area contributed by atoms with Gasteiger partial charge in [-0.1, -0.05) is 36.4 Å². The largest absolute Gasteiger partial charge is 0.504 e. The number of hydrogen-bond donors (Lipinski definition) is 4. The summed E-state index contributed by atoms with van der Waals surface area (Å²) in [6, 6.07) is 13.2. The lowest BCUT2D eigenvalue weighted by Crippen LogP contribution is -2.63. The van der Waals surface area contributed by atoms with Crippen molar-refractivity contribution in [1.29, 1.82) is 0 Å². The first-order chi connectivity index (χ1) is 14.5. The molecule has 1 fully saturated rings. The molecule has 8 heteroatoms. The van der Waals surface area contributed by atoms with Gasteiger partial charge in [0.2, 0.25) is 11.8 Å². The van der Waals surface area contributed by atoms with Crippen molar-refractivity contribution in [3.63, 3.8) is 0 Å². The van der Waals surface area contributed by atoms with Crippen molar-refractivity contribution < 1.29 is 19.8 Å². The third kappa shape index (κ3) is 5.46. The first kappa shape index (κ1) is 22.0. The third-order valence-electron chi connectivity index (χ3n) is 5.05. The van der Waals surface area contributed by atoms with Crippen molar-refractivity contribution in [3.8, 4) is 11.5 Å². The Balaban J connectivity index is 1.71. The van der Waals surface area contributed by atoms with Crippen molar-refractivity contribution in [3.05, 3.63) is 59.7 Å². The summed E-state index contributed by atoms with van der Waals surface area (Å²) in [4.78, 5) is 27.5. The first-order valence-electron chi connectivity index (χ1n) is 9.93. The lowest BCUT2D eigenvalue weighted by Gasteiger charge is -2.39. The van der Waals surface area contributed by atoms with E-state index in [9.17, 15) is 19.8 Å². The van der Waals surface area contributed by atoms with E-state index in [-0.39, 0.29) is 29.9 Å². The summed E-state index contributed by atoms with van der Waals surface area (Å²) in [5.74, 6) is 0.413. The summed E-state index contributed by atoms with van der Waals surface area (Å²) >= 11 is 1.60. The summed E-state index contributed by atoms with van der Waals surface area (Å²) in [7, 11) is 0. The molecule has 0 saturated carbocycles. The fraction of sp³-hybridized carbons (Fsp3) is 0.364. The topological polar surface area (TPSA) is 116 Å². The molecule has 2 amide bonds. The molecule has 0 aliphatic carbocycles. The maximum absolute atomic E-state index is 13.2. The standard InChI is InChI=1S/C22H27N3O4S/c23-10-4-7-18-21(28)24-17(14-30-13-15-5-2-1-3-6-15)22(29)25(18)12-16-8-9-19(26)20(27)11-16/h1-3,5-6,8-9,11,17-18,26-27H,4,7,10,12-14,23H2,(H,24,28). The van der Waals surface area contributed by atoms with Gasteiger partial charge in [0.15, 0.2) is 11.5 Å². The van der Waals surface area contributed by atoms with Crippen LogP contribution in [0.4, 0.5) is 0 Å². The van der Waals surface area contributed by atoms with Crippen LogP contribution in [-0.4, -0.2) is 51.3 Å². The van der Waals surface area contributed by atoms with Gasteiger partial charge in [0.25, 0.3) is 0 Å². The third-order valence-corrected chi connectivity index (χ3v) is 6.15. The molecule has 0 spiro atoms. The van der Waals surface area contributed by atoms with Crippen molar-refractivity contribution in [1.82, 2.24) is 10.2 Å². The molecule has 2 aromatic rings. The summed E-state index contributed by atoms with van der Waals surface area (Å²) < 4.78 is 0. The zero-order chi connectivity index (χ0) is 21.5. The average Bonchev–Trinajstić information content (AvgIpc) is 2.74. The van der Waals surface area contributed by atoms with E-state index >= 15 is 0 Å². The number of thioether (sulfide) groups is 1. The van der Waals surface area contributed by atoms with E-state index in [1.54, 1.807) is 22.7 Å². The van der Waals surface area contributed by atoms with E-state index in [1.165, 1.54) is 12.1 Å². The SMILES string of the molecule is NCCCC1C(=O)NC(CSCc2ccccc2)C(=O)N1Cc1ccc(O)c(O)c1. The van der Waals surface area contributed by atoms with Crippen LogP contribution < -0.4 is 11.1 Å². The molecule has 30 heavy (non-hydrogen) atoms. The zero-order valence-electron chi connectivity index (χ0n) is 16.7. The van der Waals surface area contributed by atoms with E-state index < -0.39 is 12.1 Å². The van der Waals surface area contributed by atoms with E-state index in [1.807, 2.05) is 30.3 Å². The number of nitrogens with two attached hydrogens (primary N) is 1. The molecule has 2 unspecified atom stereocenters. The molecular formula is C22H27N3O4S. The molecule has 1 aliphatic heterocycles. The number of phenols is 2. The molecule has 1 aliphatic rings. The molecule has 160 valence electrons. The Morgan fingerprint density at radius 2 is 1.80 bits per heavy atom. The molecular weight excluding hydrogens is 402 g/mol. The Labute approximate surface area is 180 Å². The fourth-order valence-corrected chi connectivity index (χ4v) is 4.46. The number of carbonyl (C=O) groups is 2. The van der Waals surface area contributed by atoms with Gasteiger partial charge >= 0.3 is 0 Å². The number of hydrogen-bond acceptors (Lipinski definition) is 6. The van der Waals surface area contributed by atoms with Gasteiger partial charge in [-0.05, 0) is 42.6 Å². The van der Waals surface area contributed by atoms with E-state index in [4.69, 9.17) is 5.73 Å². The van der Waals surface area contributed by atoms with Gasteiger partial charge in [-0.25, -0.2) is 0 Å². The maximum Gasteiger partial charge on any atom is 0.246 e. The van der Waals surface area contributed by atoms with Crippen molar-refractivity contribution in [2.45, 2.75) is 37.2 Å². The van der Waals surface area contributed by atoms with E-state index in [2.05, 4.69) is 5.32 Å². The van der Waals surface area contributed by atoms with Crippen molar-refractivity contribution in [2.24, 2.45) is 5.73 Å². The van der Waals surface area contributed by atoms with Gasteiger partial charge in [0, 0.05) is 18.1 Å². The summed E-state index contributed by atoms with van der Waals surface area (Å²) in [5, 5.41) is 22.2. The van der Waals surface area contributed by atoms with Gasteiger partial charge in [0.05, 0.1) is 0 Å². The van der Waals surface area contributed by atoms with Gasteiger partial charge < -0.3 is 26.2 Å². The second-order valence-corrected chi connectivity index (χ2v) is 8.33. The molecule has 3 rings (SSSR count). The maximum atomic E-state index is 13.2. The lowest BCUT2D eigenvalue weighted by molar-refractivity contribution is -0.149. The molecule has 1 saturated heterocycles. The van der Waals surface area contributed by atoms with Gasteiger partial charge in [0.1, 0.15) is 12.1 Å². The fourth-order valence-electron chi connectivity index (χ4n) is 3.46. The van der Waals surface area contributed by atoms with Crippen LogP contribution in [0.15, 0.2) is 48.5 Å². The van der Waals surface area contributed by atoms with Crippen LogP contribution in [0.5, 0.6) is 11.5 Å². The quantitative estimate of drug-likeness (QED) is 0.453. The Hall–Kier alpha value is -2.71. The molecule has 7 nitrogen and oxygen atoms in total. The van der Waals surface area contributed by atoms with E-state index in [0.717, 1.165) is 11.3 Å². The molecule has 0 radical (unpaired) electrons. The highest BCUT2D eigenvalue weighted by Gasteiger charge is 2.39. The van der Waals surface area contributed by atoms with Gasteiger partial charge in [-0.2, -0.15) is 11.8 Å². The Bertz CT molecular complexity index is 878. The monoisotopic (exact) mass is 429 g/mol. The number of nitrogens with one attached hydrogen (secondary N) is 1. The van der Waals surface area contributed by atoms with Crippen LogP contribution in [0.25, 0.3) is 0 Å². The van der Waals surface area contributed by atoms with Crippen LogP contribution in [0.3, 0.4) is 0 Å². The van der Waals surface area contributed by atoms with Crippen LogP contribution >= 0.6 is 11.8 Å². The highest BCUT2D eigenvalue weighted by atomic mass is 32.2. The van der Waals surface area contributed by atoms with Crippen molar-refractivity contribution >= 4 is 23.6 Å². The Kier molecular flexibility index (Phi) is 7.59. The number of phenolic OH excluding ortho intramolecular Hbond substituents is 2. The van der Waals surface area contributed by atoms with Gasteiger partial charge in [-0.15, -0.1) is 0 Å². The van der Waals surface area contributed by atoms with Crippen LogP contribution in [0.2, 0.25) is 0 Å². The Morgan fingerprint density at radius 1 is 1.03 bits per heavy atom. The predicted molar refractivity (Wildman–Crippen MR) is 117 cm³/mol. The second-order valence-electron chi connectivity index (χ2n) is 7.30. The first-order valence-corrected chi connectivity index (χ1v) is 11.1. The zero-order valence-corrected chi connectivity index (χ0v) is 17.5. The summed E-state index contributed by atoms with van der Waals surface area (Å²) in [6.45, 7) is 0.608. The number of amides is 2. The summed E-state index contributed by atoms with van der Waals surface area (Å²) in [5.41, 5.74) is 7.41. The summed E-state index contributed by atoms with van der Waals surface area (Å²) in [6.07, 6.45) is 1.10. The predicted octanol–water partition coefficient (Wildman–Crippen LogP) is 1.97. The highest BCUT2D eigenvalue weighted by Crippen LogP contribution is 2.27. The van der Waals surface area contributed by atoms with Crippen LogP contribution in [-0.2, 0) is 21.9 Å². The van der Waals surface area contributed by atoms with Gasteiger partial charge in [-0.3, -0.25) is 9.59 Å². The average molecular weight is 430 g/mol. The Morgan fingerprint density at radius 3 is 2.50 bits per heavy atom. The normalized spacial score (nSPS) is 19.0. The van der Waals surface area contributed by atoms with Crippen molar-refractivity contribution in [2.75, 3.05) is 12.3 Å². The number of piperazine rings is 1. The smallest absolute Gasteiger partial charge is 0.246 e.